The third kappa shape index (κ3) is 11.0. The number of nitrogens with zero attached hydrogens (tertiary/aromatic N) is 1. The van der Waals surface area contributed by atoms with Crippen molar-refractivity contribution in [3.05, 3.63) is 0 Å². The molecule has 1 rings (SSSR count). The van der Waals surface area contributed by atoms with E-state index in [2.05, 4.69) is 40.8 Å². The first-order valence-electron chi connectivity index (χ1n) is 12.7. The number of rotatable bonds is 17. The molecule has 1 unspecified atom stereocenters. The molecule has 0 bridgehead atoms. The molecule has 6 heteroatoms. The molecule has 1 amide bonds. The van der Waals surface area contributed by atoms with E-state index in [-0.39, 0.29) is 17.2 Å². The van der Waals surface area contributed by atoms with Gasteiger partial charge in [-0.15, -0.1) is 0 Å². The van der Waals surface area contributed by atoms with Crippen LogP contribution in [0.5, 0.6) is 0 Å². The molecule has 1 saturated heterocycles. The number of ketones is 1. The van der Waals surface area contributed by atoms with Gasteiger partial charge in [0.2, 0.25) is 0 Å². The quantitative estimate of drug-likeness (QED) is 0.173. The van der Waals surface area contributed by atoms with Crippen LogP contribution >= 0.6 is 0 Å². The molecule has 0 aromatic rings. The number of Topliss-reactive ketones (excluding diaryl/α,β-unsaturated/α-hetero) is 1. The second kappa shape index (κ2) is 14.3. The minimum atomic E-state index is -1.85. The summed E-state index contributed by atoms with van der Waals surface area (Å²) >= 11 is 0. The Labute approximate surface area is 192 Å². The van der Waals surface area contributed by atoms with Gasteiger partial charge in [0, 0.05) is 19.4 Å². The highest BCUT2D eigenvalue weighted by molar-refractivity contribution is 6.74. The van der Waals surface area contributed by atoms with E-state index in [4.69, 9.17) is 9.16 Å². The zero-order chi connectivity index (χ0) is 23.3. The summed E-state index contributed by atoms with van der Waals surface area (Å²) < 4.78 is 11.6. The summed E-state index contributed by atoms with van der Waals surface area (Å²) in [5.74, 6) is 0.324. The molecule has 1 fully saturated rings. The molecule has 0 aromatic carbocycles. The highest BCUT2D eigenvalue weighted by Crippen LogP contribution is 2.36. The molecule has 1 aliphatic heterocycles. The van der Waals surface area contributed by atoms with Crippen LogP contribution in [0.3, 0.4) is 0 Å². The van der Waals surface area contributed by atoms with Crippen LogP contribution in [0, 0.1) is 0 Å². The number of carbonyl (C=O) groups excluding carboxylic acids is 2. The molecule has 0 N–H and O–H groups in total. The van der Waals surface area contributed by atoms with Gasteiger partial charge >= 0.3 is 6.09 Å². The predicted molar refractivity (Wildman–Crippen MR) is 131 cm³/mol. The van der Waals surface area contributed by atoms with Crippen molar-refractivity contribution in [2.45, 2.75) is 129 Å². The minimum absolute atomic E-state index is 0.0333. The van der Waals surface area contributed by atoms with Gasteiger partial charge in [-0.3, -0.25) is 9.69 Å². The van der Waals surface area contributed by atoms with Crippen LogP contribution in [0.25, 0.3) is 0 Å². The van der Waals surface area contributed by atoms with E-state index in [1.165, 1.54) is 44.9 Å². The Morgan fingerprint density at radius 3 is 2.13 bits per heavy atom. The molecule has 31 heavy (non-hydrogen) atoms. The summed E-state index contributed by atoms with van der Waals surface area (Å²) in [6.45, 7) is 14.8. The zero-order valence-electron chi connectivity index (χ0n) is 21.3. The summed E-state index contributed by atoms with van der Waals surface area (Å²) in [4.78, 5) is 26.1. The lowest BCUT2D eigenvalue weighted by Crippen LogP contribution is -2.46. The van der Waals surface area contributed by atoms with E-state index in [1.54, 1.807) is 4.90 Å². The lowest BCUT2D eigenvalue weighted by Gasteiger charge is -2.37. The molecule has 0 aliphatic carbocycles. The second-order valence-electron chi connectivity index (χ2n) is 10.7. The first-order chi connectivity index (χ1) is 14.6. The Morgan fingerprint density at radius 2 is 1.55 bits per heavy atom. The summed E-state index contributed by atoms with van der Waals surface area (Å²) in [5.41, 5.74) is 0. The monoisotopic (exact) mass is 455 g/mol. The van der Waals surface area contributed by atoms with Crippen LogP contribution in [0.2, 0.25) is 18.1 Å². The van der Waals surface area contributed by atoms with Crippen molar-refractivity contribution in [2.75, 3.05) is 19.8 Å². The molecule has 0 radical (unpaired) electrons. The van der Waals surface area contributed by atoms with E-state index in [0.717, 1.165) is 12.8 Å². The van der Waals surface area contributed by atoms with Gasteiger partial charge in [0.1, 0.15) is 12.4 Å². The fourth-order valence-electron chi connectivity index (χ4n) is 3.63. The highest BCUT2D eigenvalue weighted by Gasteiger charge is 2.40. The van der Waals surface area contributed by atoms with E-state index < -0.39 is 8.32 Å². The third-order valence-electron chi connectivity index (χ3n) is 6.93. The number of cyclic esters (lactones) is 1. The first-order valence-corrected chi connectivity index (χ1v) is 15.6. The van der Waals surface area contributed by atoms with Crippen molar-refractivity contribution in [1.29, 1.82) is 0 Å². The van der Waals surface area contributed by atoms with Crippen molar-refractivity contribution in [3.63, 3.8) is 0 Å². The number of amides is 1. The van der Waals surface area contributed by atoms with Gasteiger partial charge in [-0.05, 0) is 31.0 Å². The fourth-order valence-corrected chi connectivity index (χ4v) is 4.67. The number of hydrogen-bond acceptors (Lipinski definition) is 4. The average Bonchev–Trinajstić information content (AvgIpc) is 3.04. The van der Waals surface area contributed by atoms with Crippen molar-refractivity contribution in [3.8, 4) is 0 Å². The normalized spacial score (nSPS) is 17.3. The second-order valence-corrected chi connectivity index (χ2v) is 15.5. The van der Waals surface area contributed by atoms with Gasteiger partial charge in [0.25, 0.3) is 0 Å². The van der Waals surface area contributed by atoms with Crippen LogP contribution in [0.1, 0.15) is 105 Å². The molecule has 182 valence electrons. The van der Waals surface area contributed by atoms with Gasteiger partial charge in [0.15, 0.2) is 8.32 Å². The molecule has 0 spiro atoms. The number of carbonyl (C=O) groups is 2. The van der Waals surface area contributed by atoms with Gasteiger partial charge < -0.3 is 9.16 Å². The number of hydrogen-bond donors (Lipinski definition) is 0. The van der Waals surface area contributed by atoms with Gasteiger partial charge in [0.05, 0.1) is 12.6 Å². The lowest BCUT2D eigenvalue weighted by molar-refractivity contribution is -0.119. The Balaban J connectivity index is 2.18. The van der Waals surface area contributed by atoms with Crippen LogP contribution in [-0.4, -0.2) is 50.9 Å². The topological polar surface area (TPSA) is 55.8 Å². The molecular weight excluding hydrogens is 406 g/mol. The molecule has 5 nitrogen and oxygen atoms in total. The van der Waals surface area contributed by atoms with E-state index >= 15 is 0 Å². The summed E-state index contributed by atoms with van der Waals surface area (Å²) in [6, 6.07) is -0.0333. The molecule has 0 aromatic heterocycles. The van der Waals surface area contributed by atoms with Crippen molar-refractivity contribution in [1.82, 2.24) is 4.90 Å². The smallest absolute Gasteiger partial charge is 0.410 e. The minimum Gasteiger partial charge on any atom is -0.447 e. The van der Waals surface area contributed by atoms with Gasteiger partial charge in [-0.1, -0.05) is 79.1 Å². The Kier molecular flexibility index (Phi) is 13.0. The Hall–Kier alpha value is -0.883. The first kappa shape index (κ1) is 28.2. The summed E-state index contributed by atoms with van der Waals surface area (Å²) in [5, 5.41) is 0.142. The van der Waals surface area contributed by atoms with E-state index in [1.807, 2.05) is 0 Å². The van der Waals surface area contributed by atoms with Crippen LogP contribution < -0.4 is 0 Å². The van der Waals surface area contributed by atoms with Gasteiger partial charge in [-0.2, -0.15) is 0 Å². The van der Waals surface area contributed by atoms with Crippen molar-refractivity contribution >= 4 is 20.2 Å². The van der Waals surface area contributed by atoms with Crippen LogP contribution in [-0.2, 0) is 14.0 Å². The lowest BCUT2D eigenvalue weighted by atomic mass is 10.0. The summed E-state index contributed by atoms with van der Waals surface area (Å²) in [6.07, 6.45) is 13.1. The Bertz CT molecular complexity index is 530. The maximum Gasteiger partial charge on any atom is 0.410 e. The van der Waals surface area contributed by atoms with Crippen LogP contribution in [0.4, 0.5) is 4.79 Å². The standard InChI is InChI=1S/C25H49NO4Si/c1-7-8-9-10-11-12-13-14-15-17-23(27)18-16-19-26-22(20-29-24(26)28)21-30-31(5,6)25(2,3)4/h22H,7-21H2,1-6H3. The molecular formula is C25H49NO4Si. The largest absolute Gasteiger partial charge is 0.447 e. The molecule has 1 heterocycles. The SMILES string of the molecule is CCCCCCCCCCCC(=O)CCCN1C(=O)OCC1CO[Si](C)(C)C(C)(C)C. The zero-order valence-corrected chi connectivity index (χ0v) is 22.3. The Morgan fingerprint density at radius 1 is 1.00 bits per heavy atom. The van der Waals surface area contributed by atoms with Gasteiger partial charge in [-0.25, -0.2) is 4.79 Å². The van der Waals surface area contributed by atoms with E-state index in [0.29, 0.717) is 44.8 Å². The third-order valence-corrected chi connectivity index (χ3v) is 11.4. The predicted octanol–water partition coefficient (Wildman–Crippen LogP) is 7.10. The fraction of sp³-hybridized carbons (Fsp3) is 0.920. The molecule has 1 atom stereocenters. The molecule has 1 aliphatic rings. The summed E-state index contributed by atoms with van der Waals surface area (Å²) in [7, 11) is -1.85. The number of unbranched alkanes of at least 4 members (excludes halogenated alkanes) is 8. The van der Waals surface area contributed by atoms with E-state index in [9.17, 15) is 9.59 Å². The van der Waals surface area contributed by atoms with Crippen LogP contribution in [0.15, 0.2) is 0 Å². The maximum atomic E-state index is 12.2. The molecule has 0 saturated carbocycles. The average molecular weight is 456 g/mol. The maximum absolute atomic E-state index is 12.2. The highest BCUT2D eigenvalue weighted by atomic mass is 28.4. The number of ether oxygens (including phenoxy) is 1. The van der Waals surface area contributed by atoms with Crippen molar-refractivity contribution in [2.24, 2.45) is 0 Å². The van der Waals surface area contributed by atoms with Crippen molar-refractivity contribution < 1.29 is 18.8 Å².